The fourth-order valence-corrected chi connectivity index (χ4v) is 2.43. The number of rotatable bonds is 5. The summed E-state index contributed by atoms with van der Waals surface area (Å²) >= 11 is 0. The number of aromatic nitrogens is 1. The number of carbonyl (C=O) groups is 1. The number of phenolic OH excluding ortho intramolecular Hbond substituents is 1. The summed E-state index contributed by atoms with van der Waals surface area (Å²) in [7, 11) is 0. The molecule has 0 saturated heterocycles. The van der Waals surface area contributed by atoms with Gasteiger partial charge in [0.05, 0.1) is 31.4 Å². The first-order chi connectivity index (χ1) is 9.99. The average molecular weight is 293 g/mol. The van der Waals surface area contributed by atoms with Gasteiger partial charge in [-0.3, -0.25) is 0 Å². The molecule has 1 aromatic heterocycles. The number of aliphatic hydroxyl groups excluding tert-OH is 2. The zero-order chi connectivity index (χ0) is 15.6. The van der Waals surface area contributed by atoms with Crippen LogP contribution in [0.5, 0.6) is 5.75 Å². The van der Waals surface area contributed by atoms with Gasteiger partial charge in [-0.2, -0.15) is 0 Å². The SMILES string of the molecule is CCOC(=O)c1c(C)n(C[C@H](O)CO)c2ccc(O)cc12. The topological polar surface area (TPSA) is 91.9 Å². The molecule has 0 spiro atoms. The largest absolute Gasteiger partial charge is 0.508 e. The third-order valence-electron chi connectivity index (χ3n) is 3.39. The van der Waals surface area contributed by atoms with Crippen LogP contribution in [0.25, 0.3) is 10.9 Å². The number of phenols is 1. The average Bonchev–Trinajstić information content (AvgIpc) is 2.71. The molecule has 6 nitrogen and oxygen atoms in total. The standard InChI is InChI=1S/C15H19NO5/c1-3-21-15(20)14-9(2)16(7-11(19)8-17)13-5-4-10(18)6-12(13)14/h4-6,11,17-19H,3,7-8H2,1-2H3/t11-/m0/s1. The van der Waals surface area contributed by atoms with E-state index in [9.17, 15) is 15.0 Å². The van der Waals surface area contributed by atoms with E-state index in [1.165, 1.54) is 12.1 Å². The molecule has 0 unspecified atom stereocenters. The Morgan fingerprint density at radius 3 is 2.76 bits per heavy atom. The molecule has 0 saturated carbocycles. The molecular formula is C15H19NO5. The molecule has 3 N–H and O–H groups in total. The van der Waals surface area contributed by atoms with Crippen LogP contribution in [0.15, 0.2) is 18.2 Å². The van der Waals surface area contributed by atoms with Gasteiger partial charge in [0.25, 0.3) is 0 Å². The summed E-state index contributed by atoms with van der Waals surface area (Å²) in [4.78, 5) is 12.1. The molecule has 0 fully saturated rings. The Hall–Kier alpha value is -2.05. The number of ether oxygens (including phenoxy) is 1. The Balaban J connectivity index is 2.64. The quantitative estimate of drug-likeness (QED) is 0.720. The van der Waals surface area contributed by atoms with E-state index in [0.29, 0.717) is 22.2 Å². The second-order valence-electron chi connectivity index (χ2n) is 4.83. The number of fused-ring (bicyclic) bond motifs is 1. The second-order valence-corrected chi connectivity index (χ2v) is 4.83. The fraction of sp³-hybridized carbons (Fsp3) is 0.400. The molecule has 2 rings (SSSR count). The van der Waals surface area contributed by atoms with Gasteiger partial charge in [-0.25, -0.2) is 4.79 Å². The summed E-state index contributed by atoms with van der Waals surface area (Å²) in [5, 5.41) is 28.9. The van der Waals surface area contributed by atoms with Crippen molar-refractivity contribution in [2.45, 2.75) is 26.5 Å². The summed E-state index contributed by atoms with van der Waals surface area (Å²) in [6.07, 6.45) is -0.928. The van der Waals surface area contributed by atoms with Gasteiger partial charge in [0, 0.05) is 16.6 Å². The second kappa shape index (κ2) is 6.15. The Morgan fingerprint density at radius 1 is 1.43 bits per heavy atom. The summed E-state index contributed by atoms with van der Waals surface area (Å²) in [6, 6.07) is 4.68. The third kappa shape index (κ3) is 2.86. The zero-order valence-electron chi connectivity index (χ0n) is 12.0. The third-order valence-corrected chi connectivity index (χ3v) is 3.39. The number of hydrogen-bond acceptors (Lipinski definition) is 5. The summed E-state index contributed by atoms with van der Waals surface area (Å²) in [5.74, 6) is -0.421. The summed E-state index contributed by atoms with van der Waals surface area (Å²) < 4.78 is 6.79. The lowest BCUT2D eigenvalue weighted by Crippen LogP contribution is -2.20. The van der Waals surface area contributed by atoms with Crippen molar-refractivity contribution in [1.29, 1.82) is 0 Å². The maximum Gasteiger partial charge on any atom is 0.340 e. The predicted octanol–water partition coefficient (Wildman–Crippen LogP) is 1.19. The van der Waals surface area contributed by atoms with Crippen LogP contribution in [-0.4, -0.2) is 45.2 Å². The number of hydrogen-bond donors (Lipinski definition) is 3. The van der Waals surface area contributed by atoms with E-state index >= 15 is 0 Å². The highest BCUT2D eigenvalue weighted by molar-refractivity contribution is 6.06. The molecule has 1 heterocycles. The molecule has 2 aromatic rings. The molecule has 1 aromatic carbocycles. The minimum atomic E-state index is -0.928. The first-order valence-corrected chi connectivity index (χ1v) is 6.77. The van der Waals surface area contributed by atoms with Gasteiger partial charge in [0.2, 0.25) is 0 Å². The minimum Gasteiger partial charge on any atom is -0.508 e. The summed E-state index contributed by atoms with van der Waals surface area (Å²) in [6.45, 7) is 3.50. The molecule has 0 aliphatic heterocycles. The smallest absolute Gasteiger partial charge is 0.340 e. The molecule has 0 radical (unpaired) electrons. The normalized spacial score (nSPS) is 12.6. The number of carbonyl (C=O) groups excluding carboxylic acids is 1. The van der Waals surface area contributed by atoms with Crippen LogP contribution in [0.1, 0.15) is 23.0 Å². The molecule has 114 valence electrons. The molecule has 21 heavy (non-hydrogen) atoms. The number of benzene rings is 1. The van der Waals surface area contributed by atoms with E-state index in [-0.39, 0.29) is 25.5 Å². The minimum absolute atomic E-state index is 0.0490. The van der Waals surface area contributed by atoms with Gasteiger partial charge in [-0.05, 0) is 32.0 Å². The van der Waals surface area contributed by atoms with Gasteiger partial charge >= 0.3 is 5.97 Å². The van der Waals surface area contributed by atoms with E-state index in [0.717, 1.165) is 0 Å². The van der Waals surface area contributed by atoms with Gasteiger partial charge in [-0.1, -0.05) is 0 Å². The number of esters is 1. The van der Waals surface area contributed by atoms with Gasteiger partial charge < -0.3 is 24.6 Å². The van der Waals surface area contributed by atoms with Crippen LogP contribution >= 0.6 is 0 Å². The lowest BCUT2D eigenvalue weighted by Gasteiger charge is -2.12. The van der Waals surface area contributed by atoms with Crippen molar-refractivity contribution in [2.75, 3.05) is 13.2 Å². The van der Waals surface area contributed by atoms with Crippen molar-refractivity contribution >= 4 is 16.9 Å². The predicted molar refractivity (Wildman–Crippen MR) is 77.4 cm³/mol. The highest BCUT2D eigenvalue weighted by Gasteiger charge is 2.22. The van der Waals surface area contributed by atoms with Crippen LogP contribution in [0, 0.1) is 6.92 Å². The van der Waals surface area contributed by atoms with Crippen LogP contribution in [0.4, 0.5) is 0 Å². The molecule has 1 atom stereocenters. The van der Waals surface area contributed by atoms with Crippen molar-refractivity contribution in [3.63, 3.8) is 0 Å². The van der Waals surface area contributed by atoms with E-state index in [2.05, 4.69) is 0 Å². The van der Waals surface area contributed by atoms with E-state index in [1.807, 2.05) is 0 Å². The van der Waals surface area contributed by atoms with Crippen molar-refractivity contribution < 1.29 is 24.9 Å². The highest BCUT2D eigenvalue weighted by Crippen LogP contribution is 2.29. The molecule has 0 amide bonds. The lowest BCUT2D eigenvalue weighted by atomic mass is 10.1. The number of aromatic hydroxyl groups is 1. The maximum absolute atomic E-state index is 12.1. The first kappa shape index (κ1) is 15.3. The highest BCUT2D eigenvalue weighted by atomic mass is 16.5. The maximum atomic E-state index is 12.1. The molecule has 0 aliphatic rings. The van der Waals surface area contributed by atoms with Gasteiger partial charge in [0.1, 0.15) is 5.75 Å². The Labute approximate surface area is 122 Å². The Bertz CT molecular complexity index is 662. The van der Waals surface area contributed by atoms with Crippen LogP contribution < -0.4 is 0 Å². The zero-order valence-corrected chi connectivity index (χ0v) is 12.0. The van der Waals surface area contributed by atoms with Crippen LogP contribution in [0.3, 0.4) is 0 Å². The van der Waals surface area contributed by atoms with E-state index in [1.54, 1.807) is 24.5 Å². The van der Waals surface area contributed by atoms with Crippen LogP contribution in [-0.2, 0) is 11.3 Å². The van der Waals surface area contributed by atoms with Crippen LogP contribution in [0.2, 0.25) is 0 Å². The molecule has 6 heteroatoms. The first-order valence-electron chi connectivity index (χ1n) is 6.77. The molecular weight excluding hydrogens is 274 g/mol. The Kier molecular flexibility index (Phi) is 4.50. The monoisotopic (exact) mass is 293 g/mol. The molecule has 0 bridgehead atoms. The Morgan fingerprint density at radius 2 is 2.14 bits per heavy atom. The number of nitrogens with zero attached hydrogens (tertiary/aromatic N) is 1. The van der Waals surface area contributed by atoms with E-state index < -0.39 is 12.1 Å². The number of aliphatic hydroxyl groups is 2. The van der Waals surface area contributed by atoms with Gasteiger partial charge in [-0.15, -0.1) is 0 Å². The fourth-order valence-electron chi connectivity index (χ4n) is 2.43. The van der Waals surface area contributed by atoms with E-state index in [4.69, 9.17) is 9.84 Å². The van der Waals surface area contributed by atoms with Crippen molar-refractivity contribution in [2.24, 2.45) is 0 Å². The van der Waals surface area contributed by atoms with Crippen molar-refractivity contribution in [3.05, 3.63) is 29.5 Å². The van der Waals surface area contributed by atoms with Crippen molar-refractivity contribution in [3.8, 4) is 5.75 Å². The summed E-state index contributed by atoms with van der Waals surface area (Å²) in [5.41, 5.74) is 1.69. The molecule has 0 aliphatic carbocycles. The van der Waals surface area contributed by atoms with Gasteiger partial charge in [0.15, 0.2) is 0 Å². The van der Waals surface area contributed by atoms with Crippen molar-refractivity contribution in [1.82, 2.24) is 4.57 Å². The lowest BCUT2D eigenvalue weighted by molar-refractivity contribution is 0.0526.